The molecule has 38 heavy (non-hydrogen) atoms. The van der Waals surface area contributed by atoms with Crippen molar-refractivity contribution >= 4 is 17.5 Å². The van der Waals surface area contributed by atoms with Gasteiger partial charge in [-0.2, -0.15) is 5.10 Å². The van der Waals surface area contributed by atoms with Crippen LogP contribution in [-0.4, -0.2) is 39.8 Å². The lowest BCUT2D eigenvalue weighted by Gasteiger charge is -2.26. The predicted molar refractivity (Wildman–Crippen MR) is 140 cm³/mol. The lowest BCUT2D eigenvalue weighted by molar-refractivity contribution is 0.0505. The molecule has 6 nitrogen and oxygen atoms in total. The number of aryl methyl sites for hydroxylation is 1. The van der Waals surface area contributed by atoms with Crippen LogP contribution >= 0.6 is 11.6 Å². The van der Waals surface area contributed by atoms with Crippen LogP contribution in [0.2, 0.25) is 5.02 Å². The molecule has 0 radical (unpaired) electrons. The maximum atomic E-state index is 14.0. The molecule has 1 saturated heterocycles. The molecule has 0 aliphatic carbocycles. The van der Waals surface area contributed by atoms with Crippen molar-refractivity contribution in [2.24, 2.45) is 0 Å². The fraction of sp³-hybridized carbons (Fsp3) is 0.241. The van der Waals surface area contributed by atoms with Gasteiger partial charge in [0.1, 0.15) is 17.4 Å². The Labute approximate surface area is 224 Å². The van der Waals surface area contributed by atoms with Gasteiger partial charge in [-0.05, 0) is 74.4 Å². The van der Waals surface area contributed by atoms with Gasteiger partial charge >= 0.3 is 0 Å². The average Bonchev–Trinajstić information content (AvgIpc) is 3.52. The number of carbonyl (C=O) groups is 1. The number of nitrogens with zero attached hydrogens (tertiary/aromatic N) is 3. The maximum absolute atomic E-state index is 14.0. The van der Waals surface area contributed by atoms with Crippen molar-refractivity contribution in [2.45, 2.75) is 32.4 Å². The van der Waals surface area contributed by atoms with Gasteiger partial charge in [-0.3, -0.25) is 4.79 Å². The Morgan fingerprint density at radius 3 is 2.53 bits per heavy atom. The van der Waals surface area contributed by atoms with E-state index in [2.05, 4.69) is 5.10 Å². The van der Waals surface area contributed by atoms with Crippen LogP contribution in [0.1, 0.15) is 34.5 Å². The Balaban J connectivity index is 1.56. The second-order valence-electron chi connectivity index (χ2n) is 9.15. The average molecular weight is 538 g/mol. The summed E-state index contributed by atoms with van der Waals surface area (Å²) in [7, 11) is 0. The van der Waals surface area contributed by atoms with E-state index in [4.69, 9.17) is 21.1 Å². The van der Waals surface area contributed by atoms with Crippen molar-refractivity contribution in [3.8, 4) is 17.3 Å². The minimum absolute atomic E-state index is 0.124. The Morgan fingerprint density at radius 2 is 1.84 bits per heavy atom. The summed E-state index contributed by atoms with van der Waals surface area (Å²) in [5, 5.41) is 5.25. The van der Waals surface area contributed by atoms with E-state index in [-0.39, 0.29) is 29.9 Å². The maximum Gasteiger partial charge on any atom is 0.254 e. The zero-order valence-corrected chi connectivity index (χ0v) is 21.5. The minimum Gasteiger partial charge on any atom is -0.438 e. The molecule has 0 unspecified atom stereocenters. The quantitative estimate of drug-likeness (QED) is 0.250. The molecular weight excluding hydrogens is 512 g/mol. The van der Waals surface area contributed by atoms with Gasteiger partial charge in [-0.15, -0.1) is 0 Å². The number of halogens is 3. The van der Waals surface area contributed by atoms with Gasteiger partial charge < -0.3 is 14.4 Å². The number of ether oxygens (including phenoxy) is 2. The van der Waals surface area contributed by atoms with Gasteiger partial charge in [0.15, 0.2) is 0 Å². The normalized spacial score (nSPS) is 15.0. The molecule has 5 rings (SSSR count). The molecule has 0 N–H and O–H groups in total. The number of benzene rings is 3. The topological polar surface area (TPSA) is 56.6 Å². The van der Waals surface area contributed by atoms with Crippen LogP contribution in [0.4, 0.5) is 8.78 Å². The van der Waals surface area contributed by atoms with Gasteiger partial charge in [0.05, 0.1) is 29.6 Å². The highest BCUT2D eigenvalue weighted by atomic mass is 35.5. The first kappa shape index (κ1) is 25.9. The fourth-order valence-corrected chi connectivity index (χ4v) is 4.60. The molecule has 196 valence electrons. The van der Waals surface area contributed by atoms with Gasteiger partial charge in [0, 0.05) is 29.8 Å². The molecular formula is C29H26ClF2N3O3. The molecule has 0 bridgehead atoms. The first-order valence-corrected chi connectivity index (χ1v) is 12.7. The van der Waals surface area contributed by atoms with E-state index in [9.17, 15) is 13.6 Å². The number of hydrogen-bond donors (Lipinski definition) is 0. The van der Waals surface area contributed by atoms with Gasteiger partial charge in [0.25, 0.3) is 5.91 Å². The summed E-state index contributed by atoms with van der Waals surface area (Å²) in [5.41, 5.74) is 2.17. The van der Waals surface area contributed by atoms with Crippen molar-refractivity contribution in [3.63, 3.8) is 0 Å². The van der Waals surface area contributed by atoms with Crippen LogP contribution in [0.5, 0.6) is 11.6 Å². The summed E-state index contributed by atoms with van der Waals surface area (Å²) < 4.78 is 41.6. The van der Waals surface area contributed by atoms with Gasteiger partial charge in [0.2, 0.25) is 5.88 Å². The molecule has 1 aliphatic rings. The Hall–Kier alpha value is -3.75. The highest BCUT2D eigenvalue weighted by Crippen LogP contribution is 2.33. The SMILES string of the molecule is Cc1nn(-c2ccc(Cl)cc2)c(Oc2cccc(F)c2)c1CN(C[C@@H]1CCCO1)C(=O)c1cccc(F)c1. The number of amides is 1. The van der Waals surface area contributed by atoms with Crippen LogP contribution in [0.25, 0.3) is 5.69 Å². The van der Waals surface area contributed by atoms with Crippen LogP contribution in [0.15, 0.2) is 72.8 Å². The summed E-state index contributed by atoms with van der Waals surface area (Å²) >= 11 is 6.09. The summed E-state index contributed by atoms with van der Waals surface area (Å²) in [6, 6.07) is 18.5. The predicted octanol–water partition coefficient (Wildman–Crippen LogP) is 6.73. The molecule has 3 aromatic carbocycles. The third-order valence-corrected chi connectivity index (χ3v) is 6.63. The van der Waals surface area contributed by atoms with Gasteiger partial charge in [-0.25, -0.2) is 13.5 Å². The van der Waals surface area contributed by atoms with Crippen LogP contribution in [0, 0.1) is 18.6 Å². The van der Waals surface area contributed by atoms with Crippen molar-refractivity contribution in [1.82, 2.24) is 14.7 Å². The fourth-order valence-electron chi connectivity index (χ4n) is 4.47. The highest BCUT2D eigenvalue weighted by molar-refractivity contribution is 6.30. The van der Waals surface area contributed by atoms with Crippen molar-refractivity contribution in [1.29, 1.82) is 0 Å². The molecule has 4 aromatic rings. The molecule has 1 amide bonds. The zero-order valence-electron chi connectivity index (χ0n) is 20.7. The smallest absolute Gasteiger partial charge is 0.254 e. The zero-order chi connectivity index (χ0) is 26.6. The van der Waals surface area contributed by atoms with E-state index in [1.165, 1.54) is 30.3 Å². The van der Waals surface area contributed by atoms with Crippen molar-refractivity contribution in [3.05, 3.63) is 106 Å². The van der Waals surface area contributed by atoms with E-state index < -0.39 is 11.6 Å². The summed E-state index contributed by atoms with van der Waals surface area (Å²) in [4.78, 5) is 15.2. The van der Waals surface area contributed by atoms with Crippen molar-refractivity contribution < 1.29 is 23.0 Å². The Bertz CT molecular complexity index is 1440. The second kappa shape index (κ2) is 11.3. The monoisotopic (exact) mass is 537 g/mol. The van der Waals surface area contributed by atoms with E-state index in [1.807, 2.05) is 6.92 Å². The number of carbonyl (C=O) groups excluding carboxylic acids is 1. The number of hydrogen-bond acceptors (Lipinski definition) is 4. The highest BCUT2D eigenvalue weighted by Gasteiger charge is 2.28. The van der Waals surface area contributed by atoms with E-state index in [0.717, 1.165) is 12.8 Å². The molecule has 2 heterocycles. The lowest BCUT2D eigenvalue weighted by Crippen LogP contribution is -2.37. The summed E-state index contributed by atoms with van der Waals surface area (Å²) in [6.07, 6.45) is 1.60. The Kier molecular flexibility index (Phi) is 7.72. The molecule has 0 saturated carbocycles. The number of rotatable bonds is 8. The third-order valence-electron chi connectivity index (χ3n) is 6.37. The van der Waals surface area contributed by atoms with Crippen molar-refractivity contribution in [2.75, 3.05) is 13.2 Å². The van der Waals surface area contributed by atoms with Crippen LogP contribution in [0.3, 0.4) is 0 Å². The first-order valence-electron chi connectivity index (χ1n) is 12.3. The molecule has 0 spiro atoms. The largest absolute Gasteiger partial charge is 0.438 e. The van der Waals surface area contributed by atoms with Gasteiger partial charge in [-0.1, -0.05) is 23.7 Å². The van der Waals surface area contributed by atoms with E-state index >= 15 is 0 Å². The summed E-state index contributed by atoms with van der Waals surface area (Å²) in [5.74, 6) is -0.659. The Morgan fingerprint density at radius 1 is 1.11 bits per heavy atom. The minimum atomic E-state index is -0.491. The van der Waals surface area contributed by atoms with Crippen LogP contribution < -0.4 is 4.74 Å². The number of aromatic nitrogens is 2. The second-order valence-corrected chi connectivity index (χ2v) is 9.58. The van der Waals surface area contributed by atoms with E-state index in [1.54, 1.807) is 52.0 Å². The molecule has 1 fully saturated rings. The molecule has 9 heteroatoms. The summed E-state index contributed by atoms with van der Waals surface area (Å²) in [6.45, 7) is 2.89. The molecule has 1 atom stereocenters. The third kappa shape index (κ3) is 5.87. The molecule has 1 aromatic heterocycles. The standard InChI is InChI=1S/C29H26ClF2N3O3/c1-19-27(18-34(17-26-9-4-14-37-26)28(36)20-5-2-6-22(31)15-20)29(38-25-8-3-7-23(32)16-25)35(33-19)24-12-10-21(30)11-13-24/h2-3,5-8,10-13,15-16,26H,4,9,14,17-18H2,1H3/t26-/m0/s1. The first-order chi connectivity index (χ1) is 18.4. The molecule has 1 aliphatic heterocycles. The lowest BCUT2D eigenvalue weighted by atomic mass is 10.1. The van der Waals surface area contributed by atoms with Crippen LogP contribution in [-0.2, 0) is 11.3 Å². The van der Waals surface area contributed by atoms with E-state index in [0.29, 0.717) is 41.0 Å².